The molecule has 2 aromatic rings. The molecule has 0 aliphatic carbocycles. The van der Waals surface area contributed by atoms with Crippen molar-refractivity contribution in [2.24, 2.45) is 5.10 Å². The van der Waals surface area contributed by atoms with Gasteiger partial charge in [-0.05, 0) is 49.5 Å². The highest BCUT2D eigenvalue weighted by molar-refractivity contribution is 7.80. The molecule has 0 unspecified atom stereocenters. The van der Waals surface area contributed by atoms with Gasteiger partial charge in [-0.15, -0.1) is 0 Å². The number of hydrogen-bond acceptors (Lipinski definition) is 5. The Balaban J connectivity index is 1.86. The molecule has 0 saturated carbocycles. The van der Waals surface area contributed by atoms with Crippen molar-refractivity contribution in [3.8, 4) is 5.75 Å². The van der Waals surface area contributed by atoms with Crippen LogP contribution >= 0.6 is 12.2 Å². The Labute approximate surface area is 171 Å². The van der Waals surface area contributed by atoms with Crippen LogP contribution in [-0.4, -0.2) is 37.6 Å². The van der Waals surface area contributed by atoms with Crippen LogP contribution in [0.4, 0.5) is 0 Å². The van der Waals surface area contributed by atoms with Crippen LogP contribution in [-0.2, 0) is 9.53 Å². The SMILES string of the molecule is COC(=O)CCCCCNC(=S)N/N=C(/C)c1ccc(OC)c2ccccc12. The molecule has 6 nitrogen and oxygen atoms in total. The van der Waals surface area contributed by atoms with E-state index in [-0.39, 0.29) is 5.97 Å². The number of esters is 1. The van der Waals surface area contributed by atoms with E-state index in [4.69, 9.17) is 17.0 Å². The molecule has 0 atom stereocenters. The molecular formula is C21H27N3O3S. The highest BCUT2D eigenvalue weighted by Crippen LogP contribution is 2.28. The topological polar surface area (TPSA) is 72.0 Å². The van der Waals surface area contributed by atoms with Crippen LogP contribution in [0, 0.1) is 0 Å². The molecule has 0 heterocycles. The smallest absolute Gasteiger partial charge is 0.305 e. The predicted octanol–water partition coefficient (Wildman–Crippen LogP) is 3.77. The third-order valence-electron chi connectivity index (χ3n) is 4.39. The van der Waals surface area contributed by atoms with Crippen molar-refractivity contribution in [3.63, 3.8) is 0 Å². The fourth-order valence-electron chi connectivity index (χ4n) is 2.87. The number of fused-ring (bicyclic) bond motifs is 1. The third-order valence-corrected chi connectivity index (χ3v) is 4.63. The minimum absolute atomic E-state index is 0.166. The quantitative estimate of drug-likeness (QED) is 0.219. The van der Waals surface area contributed by atoms with Crippen LogP contribution in [0.2, 0.25) is 0 Å². The first-order chi connectivity index (χ1) is 13.6. The molecule has 0 saturated heterocycles. The Bertz CT molecular complexity index is 852. The molecule has 7 heteroatoms. The van der Waals surface area contributed by atoms with Crippen LogP contribution in [0.25, 0.3) is 10.8 Å². The maximum absolute atomic E-state index is 11.0. The van der Waals surface area contributed by atoms with E-state index in [1.165, 1.54) is 7.11 Å². The molecule has 0 aliphatic heterocycles. The van der Waals surface area contributed by atoms with E-state index in [2.05, 4.69) is 26.6 Å². The summed E-state index contributed by atoms with van der Waals surface area (Å²) in [5.74, 6) is 0.672. The van der Waals surface area contributed by atoms with Gasteiger partial charge in [-0.3, -0.25) is 10.2 Å². The number of methoxy groups -OCH3 is 2. The van der Waals surface area contributed by atoms with Crippen molar-refractivity contribution in [1.29, 1.82) is 0 Å². The van der Waals surface area contributed by atoms with E-state index >= 15 is 0 Å². The molecule has 150 valence electrons. The summed E-state index contributed by atoms with van der Waals surface area (Å²) in [6.45, 7) is 2.67. The largest absolute Gasteiger partial charge is 0.496 e. The van der Waals surface area contributed by atoms with Gasteiger partial charge in [0, 0.05) is 23.9 Å². The molecular weight excluding hydrogens is 374 g/mol. The van der Waals surface area contributed by atoms with Gasteiger partial charge in [-0.2, -0.15) is 5.10 Å². The molecule has 0 aliphatic rings. The van der Waals surface area contributed by atoms with Gasteiger partial charge in [0.1, 0.15) is 5.75 Å². The second-order valence-electron chi connectivity index (χ2n) is 6.31. The second kappa shape index (κ2) is 11.2. The third kappa shape index (κ3) is 6.20. The lowest BCUT2D eigenvalue weighted by Crippen LogP contribution is -2.33. The lowest BCUT2D eigenvalue weighted by atomic mass is 10.0. The van der Waals surface area contributed by atoms with Crippen LogP contribution in [0.15, 0.2) is 41.5 Å². The van der Waals surface area contributed by atoms with Crippen molar-refractivity contribution in [3.05, 3.63) is 42.0 Å². The number of nitrogens with one attached hydrogen (secondary N) is 2. The van der Waals surface area contributed by atoms with Gasteiger partial charge in [0.05, 0.1) is 19.9 Å². The zero-order chi connectivity index (χ0) is 20.4. The minimum atomic E-state index is -0.166. The van der Waals surface area contributed by atoms with E-state index in [9.17, 15) is 4.79 Å². The Morgan fingerprint density at radius 2 is 1.82 bits per heavy atom. The van der Waals surface area contributed by atoms with Gasteiger partial charge in [-0.25, -0.2) is 0 Å². The van der Waals surface area contributed by atoms with Crippen LogP contribution in [0.1, 0.15) is 38.2 Å². The fourth-order valence-corrected chi connectivity index (χ4v) is 3.02. The number of ether oxygens (including phenoxy) is 2. The maximum atomic E-state index is 11.0. The summed E-state index contributed by atoms with van der Waals surface area (Å²) in [7, 11) is 3.08. The second-order valence-corrected chi connectivity index (χ2v) is 6.72. The number of unbranched alkanes of at least 4 members (excludes halogenated alkanes) is 2. The monoisotopic (exact) mass is 401 g/mol. The molecule has 28 heavy (non-hydrogen) atoms. The molecule has 0 bridgehead atoms. The number of hydrogen-bond donors (Lipinski definition) is 2. The number of thiocarbonyl (C=S) groups is 1. The minimum Gasteiger partial charge on any atom is -0.496 e. The van der Waals surface area contributed by atoms with Crippen molar-refractivity contribution < 1.29 is 14.3 Å². The molecule has 2 aromatic carbocycles. The molecule has 2 rings (SSSR count). The first kappa shape index (κ1) is 21.6. The van der Waals surface area contributed by atoms with Gasteiger partial charge < -0.3 is 14.8 Å². The standard InChI is InChI=1S/C21H27N3O3S/c1-15(16-12-13-19(26-2)18-10-7-6-9-17(16)18)23-24-21(28)22-14-8-4-5-11-20(25)27-3/h6-7,9-10,12-13H,4-5,8,11,14H2,1-3H3,(H2,22,24,28)/b23-15-. The first-order valence-corrected chi connectivity index (χ1v) is 9.68. The molecule has 0 fully saturated rings. The first-order valence-electron chi connectivity index (χ1n) is 9.28. The van der Waals surface area contributed by atoms with Gasteiger partial charge in [0.25, 0.3) is 0 Å². The van der Waals surface area contributed by atoms with Crippen molar-refractivity contribution in [2.45, 2.75) is 32.6 Å². The van der Waals surface area contributed by atoms with Crippen molar-refractivity contribution in [2.75, 3.05) is 20.8 Å². The average Bonchev–Trinajstić information content (AvgIpc) is 2.73. The summed E-state index contributed by atoms with van der Waals surface area (Å²) in [4.78, 5) is 11.0. The summed E-state index contributed by atoms with van der Waals surface area (Å²) in [6.07, 6.45) is 3.13. The highest BCUT2D eigenvalue weighted by Gasteiger charge is 2.08. The maximum Gasteiger partial charge on any atom is 0.305 e. The molecule has 0 amide bonds. The van der Waals surface area contributed by atoms with E-state index in [0.717, 1.165) is 53.6 Å². The molecule has 2 N–H and O–H groups in total. The zero-order valence-electron chi connectivity index (χ0n) is 16.6. The molecule has 0 radical (unpaired) electrons. The van der Waals surface area contributed by atoms with E-state index < -0.39 is 0 Å². The zero-order valence-corrected chi connectivity index (χ0v) is 17.4. The number of benzene rings is 2. The fraction of sp³-hybridized carbons (Fsp3) is 0.381. The van der Waals surface area contributed by atoms with Gasteiger partial charge >= 0.3 is 5.97 Å². The average molecular weight is 402 g/mol. The Hall–Kier alpha value is -2.67. The van der Waals surface area contributed by atoms with Gasteiger partial charge in [0.15, 0.2) is 5.11 Å². The summed E-state index contributed by atoms with van der Waals surface area (Å²) in [6, 6.07) is 12.0. The van der Waals surface area contributed by atoms with E-state index in [0.29, 0.717) is 11.5 Å². The van der Waals surface area contributed by atoms with E-state index in [1.807, 2.05) is 37.3 Å². The number of carbonyl (C=O) groups is 1. The van der Waals surface area contributed by atoms with Crippen molar-refractivity contribution >= 4 is 39.8 Å². The van der Waals surface area contributed by atoms with E-state index in [1.54, 1.807) is 7.11 Å². The molecule has 0 aromatic heterocycles. The normalized spacial score (nSPS) is 11.2. The van der Waals surface area contributed by atoms with Crippen LogP contribution < -0.4 is 15.5 Å². The number of hydrazone groups is 1. The van der Waals surface area contributed by atoms with Crippen LogP contribution in [0.3, 0.4) is 0 Å². The summed E-state index contributed by atoms with van der Waals surface area (Å²) in [5.41, 5.74) is 4.75. The number of nitrogens with zero attached hydrogens (tertiary/aromatic N) is 1. The van der Waals surface area contributed by atoms with Crippen LogP contribution in [0.5, 0.6) is 5.75 Å². The Kier molecular flexibility index (Phi) is 8.68. The summed E-state index contributed by atoms with van der Waals surface area (Å²) >= 11 is 5.27. The Morgan fingerprint density at radius 3 is 2.54 bits per heavy atom. The predicted molar refractivity (Wildman–Crippen MR) is 117 cm³/mol. The highest BCUT2D eigenvalue weighted by atomic mass is 32.1. The summed E-state index contributed by atoms with van der Waals surface area (Å²) in [5, 5.41) is 10.1. The number of carbonyl (C=O) groups excluding carboxylic acids is 1. The van der Waals surface area contributed by atoms with Crippen molar-refractivity contribution in [1.82, 2.24) is 10.7 Å². The number of rotatable bonds is 9. The van der Waals surface area contributed by atoms with Gasteiger partial charge in [0.2, 0.25) is 0 Å². The lowest BCUT2D eigenvalue weighted by molar-refractivity contribution is -0.140. The Morgan fingerprint density at radius 1 is 1.07 bits per heavy atom. The van der Waals surface area contributed by atoms with Gasteiger partial charge in [-0.1, -0.05) is 30.7 Å². The summed E-state index contributed by atoms with van der Waals surface area (Å²) < 4.78 is 10.1. The lowest BCUT2D eigenvalue weighted by Gasteiger charge is -2.11. The molecule has 0 spiro atoms.